The van der Waals surface area contributed by atoms with Gasteiger partial charge in [0, 0.05) is 12.2 Å². The molecule has 0 radical (unpaired) electrons. The van der Waals surface area contributed by atoms with Crippen molar-refractivity contribution < 1.29 is 24.2 Å². The minimum Gasteiger partial charge on any atom is -0.477 e. The van der Waals surface area contributed by atoms with Crippen LogP contribution in [0.2, 0.25) is 5.02 Å². The number of carbonyl (C=O) groups is 2. The van der Waals surface area contributed by atoms with Crippen molar-refractivity contribution in [2.75, 3.05) is 19.7 Å². The van der Waals surface area contributed by atoms with Crippen LogP contribution in [0.25, 0.3) is 0 Å². The van der Waals surface area contributed by atoms with Gasteiger partial charge in [-0.25, -0.2) is 9.59 Å². The van der Waals surface area contributed by atoms with Crippen LogP contribution < -0.4 is 0 Å². The normalized spacial score (nSPS) is 18.5. The molecule has 0 saturated carbocycles. The fourth-order valence-corrected chi connectivity index (χ4v) is 2.76. The Balaban J connectivity index is 2.09. The molecule has 1 amide bonds. The number of morpholine rings is 1. The average Bonchev–Trinajstić information content (AvgIpc) is 2.74. The van der Waals surface area contributed by atoms with Gasteiger partial charge < -0.3 is 24.0 Å². The molecule has 0 spiro atoms. The standard InChI is InChI=1S/C16H23ClN2O5/c1-10-12(17)7-13(14(20)21)19(10)9-11-8-18(5-6-23-11)15(22)24-16(2,3)4/h7,11H,5-6,8-9H2,1-4H3,(H,20,21). The molecule has 1 unspecified atom stereocenters. The number of amides is 1. The Kier molecular flexibility index (Phi) is 5.45. The van der Waals surface area contributed by atoms with E-state index >= 15 is 0 Å². The SMILES string of the molecule is Cc1c(Cl)cc(C(=O)O)n1CC1CN(C(=O)OC(C)(C)C)CCO1. The summed E-state index contributed by atoms with van der Waals surface area (Å²) in [5.74, 6) is -1.05. The van der Waals surface area contributed by atoms with Gasteiger partial charge in [0.05, 0.1) is 30.8 Å². The number of hydrogen-bond donors (Lipinski definition) is 1. The third-order valence-corrected chi connectivity index (χ3v) is 4.08. The molecule has 8 heteroatoms. The quantitative estimate of drug-likeness (QED) is 0.898. The Labute approximate surface area is 146 Å². The second kappa shape index (κ2) is 7.03. The zero-order valence-corrected chi connectivity index (χ0v) is 15.1. The first-order valence-electron chi connectivity index (χ1n) is 7.77. The van der Waals surface area contributed by atoms with Crippen molar-refractivity contribution in [3.8, 4) is 0 Å². The molecule has 2 rings (SSSR count). The highest BCUT2D eigenvalue weighted by Crippen LogP contribution is 2.22. The molecular formula is C16H23ClN2O5. The lowest BCUT2D eigenvalue weighted by molar-refractivity contribution is -0.0476. The Hall–Kier alpha value is -1.73. The van der Waals surface area contributed by atoms with Gasteiger partial charge in [0.1, 0.15) is 11.3 Å². The summed E-state index contributed by atoms with van der Waals surface area (Å²) >= 11 is 6.04. The molecule has 1 aromatic rings. The number of halogens is 1. The minimum absolute atomic E-state index is 0.107. The van der Waals surface area contributed by atoms with Crippen LogP contribution in [0.4, 0.5) is 4.79 Å². The number of aromatic nitrogens is 1. The van der Waals surface area contributed by atoms with E-state index in [4.69, 9.17) is 21.1 Å². The number of hydrogen-bond acceptors (Lipinski definition) is 4. The second-order valence-corrected chi connectivity index (χ2v) is 7.21. The van der Waals surface area contributed by atoms with E-state index in [0.29, 0.717) is 37.0 Å². The first-order valence-corrected chi connectivity index (χ1v) is 8.14. The fraction of sp³-hybridized carbons (Fsp3) is 0.625. The Bertz CT molecular complexity index is 635. The summed E-state index contributed by atoms with van der Waals surface area (Å²) in [6.45, 7) is 8.66. The van der Waals surface area contributed by atoms with E-state index in [1.165, 1.54) is 6.07 Å². The van der Waals surface area contributed by atoms with Gasteiger partial charge in [0.15, 0.2) is 0 Å². The van der Waals surface area contributed by atoms with E-state index in [2.05, 4.69) is 0 Å². The van der Waals surface area contributed by atoms with E-state index in [1.807, 2.05) is 20.8 Å². The zero-order chi connectivity index (χ0) is 18.1. The van der Waals surface area contributed by atoms with Gasteiger partial charge in [-0.3, -0.25) is 0 Å². The van der Waals surface area contributed by atoms with Crippen LogP contribution in [0, 0.1) is 6.92 Å². The van der Waals surface area contributed by atoms with E-state index in [-0.39, 0.29) is 11.8 Å². The summed E-state index contributed by atoms with van der Waals surface area (Å²) < 4.78 is 12.7. The summed E-state index contributed by atoms with van der Waals surface area (Å²) in [6.07, 6.45) is -0.719. The highest BCUT2D eigenvalue weighted by molar-refractivity contribution is 6.31. The van der Waals surface area contributed by atoms with Crippen molar-refractivity contribution in [1.82, 2.24) is 9.47 Å². The molecular weight excluding hydrogens is 336 g/mol. The van der Waals surface area contributed by atoms with Crippen molar-refractivity contribution in [2.45, 2.75) is 45.9 Å². The predicted octanol–water partition coefficient (Wildman–Crippen LogP) is 2.78. The highest BCUT2D eigenvalue weighted by Gasteiger charge is 2.29. The summed E-state index contributed by atoms with van der Waals surface area (Å²) in [6, 6.07) is 1.42. The van der Waals surface area contributed by atoms with Gasteiger partial charge in [-0.15, -0.1) is 0 Å². The van der Waals surface area contributed by atoms with Gasteiger partial charge in [-0.1, -0.05) is 11.6 Å². The maximum absolute atomic E-state index is 12.2. The smallest absolute Gasteiger partial charge is 0.410 e. The lowest BCUT2D eigenvalue weighted by Gasteiger charge is -2.34. The van der Waals surface area contributed by atoms with Crippen molar-refractivity contribution in [2.24, 2.45) is 0 Å². The van der Waals surface area contributed by atoms with E-state index < -0.39 is 17.7 Å². The number of carboxylic acids is 1. The molecule has 1 aliphatic rings. The maximum atomic E-state index is 12.2. The van der Waals surface area contributed by atoms with Gasteiger partial charge in [-0.2, -0.15) is 0 Å². The minimum atomic E-state index is -1.05. The molecule has 1 saturated heterocycles. The molecule has 0 aliphatic carbocycles. The van der Waals surface area contributed by atoms with Crippen LogP contribution in [-0.2, 0) is 16.0 Å². The third-order valence-electron chi connectivity index (χ3n) is 3.70. The third kappa shape index (κ3) is 4.42. The monoisotopic (exact) mass is 358 g/mol. The van der Waals surface area contributed by atoms with Crippen LogP contribution in [0.1, 0.15) is 37.0 Å². The topological polar surface area (TPSA) is 81.0 Å². The summed E-state index contributed by atoms with van der Waals surface area (Å²) in [5, 5.41) is 9.69. The molecule has 1 aliphatic heterocycles. The Morgan fingerprint density at radius 3 is 2.71 bits per heavy atom. The van der Waals surface area contributed by atoms with Gasteiger partial charge in [-0.05, 0) is 33.8 Å². The summed E-state index contributed by atoms with van der Waals surface area (Å²) in [7, 11) is 0. The lowest BCUT2D eigenvalue weighted by Crippen LogP contribution is -2.48. The van der Waals surface area contributed by atoms with Crippen molar-refractivity contribution >= 4 is 23.7 Å². The molecule has 1 N–H and O–H groups in total. The van der Waals surface area contributed by atoms with E-state index in [0.717, 1.165) is 0 Å². The van der Waals surface area contributed by atoms with Crippen LogP contribution in [0.5, 0.6) is 0 Å². The van der Waals surface area contributed by atoms with Gasteiger partial charge in [0.2, 0.25) is 0 Å². The van der Waals surface area contributed by atoms with E-state index in [1.54, 1.807) is 16.4 Å². The molecule has 134 valence electrons. The molecule has 2 heterocycles. The molecule has 24 heavy (non-hydrogen) atoms. The number of carboxylic acid groups (broad SMARTS) is 1. The average molecular weight is 359 g/mol. The van der Waals surface area contributed by atoms with Crippen LogP contribution in [-0.4, -0.2) is 58.0 Å². The van der Waals surface area contributed by atoms with Crippen molar-refractivity contribution in [3.05, 3.63) is 22.5 Å². The van der Waals surface area contributed by atoms with Crippen LogP contribution in [0.15, 0.2) is 6.07 Å². The number of nitrogens with zero attached hydrogens (tertiary/aromatic N) is 2. The molecule has 1 fully saturated rings. The predicted molar refractivity (Wildman–Crippen MR) is 88.7 cm³/mol. The molecule has 0 bridgehead atoms. The Morgan fingerprint density at radius 1 is 1.46 bits per heavy atom. The summed E-state index contributed by atoms with van der Waals surface area (Å²) in [4.78, 5) is 25.1. The van der Waals surface area contributed by atoms with Crippen LogP contribution in [0.3, 0.4) is 0 Å². The first-order chi connectivity index (χ1) is 11.1. The van der Waals surface area contributed by atoms with Gasteiger partial charge in [0.25, 0.3) is 0 Å². The first kappa shape index (κ1) is 18.6. The molecule has 1 aromatic heterocycles. The zero-order valence-electron chi connectivity index (χ0n) is 14.3. The second-order valence-electron chi connectivity index (χ2n) is 6.80. The Morgan fingerprint density at radius 2 is 2.12 bits per heavy atom. The number of aromatic carboxylic acids is 1. The molecule has 0 aromatic carbocycles. The fourth-order valence-electron chi connectivity index (χ4n) is 2.55. The number of carbonyl (C=O) groups excluding carboxylic acids is 1. The van der Waals surface area contributed by atoms with Crippen molar-refractivity contribution in [1.29, 1.82) is 0 Å². The highest BCUT2D eigenvalue weighted by atomic mass is 35.5. The van der Waals surface area contributed by atoms with Crippen molar-refractivity contribution in [3.63, 3.8) is 0 Å². The largest absolute Gasteiger partial charge is 0.477 e. The van der Waals surface area contributed by atoms with Crippen LogP contribution >= 0.6 is 11.6 Å². The lowest BCUT2D eigenvalue weighted by atomic mass is 10.2. The maximum Gasteiger partial charge on any atom is 0.410 e. The molecule has 7 nitrogen and oxygen atoms in total. The van der Waals surface area contributed by atoms with Gasteiger partial charge >= 0.3 is 12.1 Å². The number of ether oxygens (including phenoxy) is 2. The number of rotatable bonds is 3. The molecule has 1 atom stereocenters. The van der Waals surface area contributed by atoms with E-state index in [9.17, 15) is 14.7 Å². The summed E-state index contributed by atoms with van der Waals surface area (Å²) in [5.41, 5.74) is 0.203.